The number of pyridine rings is 1. The number of thioether (sulfide) groups is 1. The summed E-state index contributed by atoms with van der Waals surface area (Å²) in [6.45, 7) is 4.27. The summed E-state index contributed by atoms with van der Waals surface area (Å²) in [5.74, 6) is 0.932. The van der Waals surface area contributed by atoms with E-state index in [1.54, 1.807) is 0 Å². The van der Waals surface area contributed by atoms with Gasteiger partial charge in [-0.25, -0.2) is 4.98 Å². The molecule has 2 aliphatic carbocycles. The molecular weight excluding hydrogens is 617 g/mol. The molecule has 4 nitrogen and oxygen atoms in total. The summed E-state index contributed by atoms with van der Waals surface area (Å²) in [6.07, 6.45) is 5.13. The fourth-order valence-electron chi connectivity index (χ4n) is 6.29. The van der Waals surface area contributed by atoms with Crippen LogP contribution in [0.1, 0.15) is 91.0 Å². The molecule has 2 aromatic carbocycles. The maximum Gasteiger partial charge on any atom is 0.303 e. The second-order valence-electron chi connectivity index (χ2n) is 13.0. The number of hydrogen-bond donors (Lipinski definition) is 2. The molecule has 0 spiro atoms. The highest BCUT2D eigenvalue weighted by Gasteiger charge is 2.45. The zero-order valence-corrected chi connectivity index (χ0v) is 27.6. The smallest absolute Gasteiger partial charge is 0.303 e. The van der Waals surface area contributed by atoms with Crippen LogP contribution in [0.4, 0.5) is 0 Å². The molecule has 4 aromatic rings. The van der Waals surface area contributed by atoms with Gasteiger partial charge in [0.15, 0.2) is 0 Å². The summed E-state index contributed by atoms with van der Waals surface area (Å²) in [5, 5.41) is 20.4. The van der Waals surface area contributed by atoms with E-state index in [-0.39, 0.29) is 29.1 Å². The first-order valence-electron chi connectivity index (χ1n) is 15.0. The van der Waals surface area contributed by atoms with Crippen LogP contribution in [0.2, 0.25) is 9.36 Å². The van der Waals surface area contributed by atoms with Crippen LogP contribution in [0.25, 0.3) is 10.2 Å². The van der Waals surface area contributed by atoms with Crippen LogP contribution in [-0.2, 0) is 16.6 Å². The van der Waals surface area contributed by atoms with Crippen molar-refractivity contribution in [2.45, 2.75) is 74.9 Å². The van der Waals surface area contributed by atoms with E-state index in [0.717, 1.165) is 53.8 Å². The van der Waals surface area contributed by atoms with Crippen molar-refractivity contribution in [2.24, 2.45) is 5.41 Å². The van der Waals surface area contributed by atoms with Gasteiger partial charge in [0.2, 0.25) is 0 Å². The molecule has 2 N–H and O–H groups in total. The fourth-order valence-corrected chi connectivity index (χ4v) is 9.27. The quantitative estimate of drug-likeness (QED) is 0.150. The van der Waals surface area contributed by atoms with Crippen molar-refractivity contribution < 1.29 is 15.0 Å². The van der Waals surface area contributed by atoms with E-state index in [0.29, 0.717) is 21.2 Å². The highest BCUT2D eigenvalue weighted by Crippen LogP contribution is 2.56. The molecule has 2 heterocycles. The lowest BCUT2D eigenvalue weighted by Gasteiger charge is -2.27. The summed E-state index contributed by atoms with van der Waals surface area (Å²) >= 11 is 16.1. The summed E-state index contributed by atoms with van der Waals surface area (Å²) in [7, 11) is 0. The standard InChI is InChI=1S/C35H37Cl2NO3S2/c1-34(2,19-39)26-9-4-3-6-21(26)10-12-28(42-20-35(14-15-35)18-30(40)41)23-8-5-7-22(16-23)24-17-25(24)27-11-13-29-32(38-27)31(36)33(37)43-29/h3-9,11,13,16,24-25,28,39H,10,12,14-15,17-20H2,1-2H3,(H,40,41). The molecule has 3 atom stereocenters. The number of aliphatic hydroxyl groups excluding tert-OH is 1. The van der Waals surface area contributed by atoms with Crippen LogP contribution in [0.5, 0.6) is 0 Å². The molecule has 2 aliphatic rings. The van der Waals surface area contributed by atoms with Gasteiger partial charge in [-0.15, -0.1) is 11.3 Å². The Hall–Kier alpha value is -2.09. The lowest BCUT2D eigenvalue weighted by molar-refractivity contribution is -0.138. The van der Waals surface area contributed by atoms with Gasteiger partial charge in [-0.2, -0.15) is 11.8 Å². The Morgan fingerprint density at radius 3 is 2.65 bits per heavy atom. The summed E-state index contributed by atoms with van der Waals surface area (Å²) in [6, 6.07) is 21.7. The van der Waals surface area contributed by atoms with Crippen molar-refractivity contribution in [3.63, 3.8) is 0 Å². The number of carboxylic acids is 1. The van der Waals surface area contributed by atoms with Gasteiger partial charge in [-0.1, -0.05) is 85.6 Å². The molecule has 0 bridgehead atoms. The van der Waals surface area contributed by atoms with Crippen molar-refractivity contribution >= 4 is 62.5 Å². The average molecular weight is 655 g/mol. The third-order valence-corrected chi connectivity index (χ3v) is 12.9. The molecule has 0 radical (unpaired) electrons. The van der Waals surface area contributed by atoms with Gasteiger partial charge in [0.25, 0.3) is 0 Å². The Kier molecular flexibility index (Phi) is 8.89. The topological polar surface area (TPSA) is 70.4 Å². The fraction of sp³-hybridized carbons (Fsp3) is 0.429. The number of aliphatic carboxylic acids is 1. The predicted molar refractivity (Wildman–Crippen MR) is 180 cm³/mol. The van der Waals surface area contributed by atoms with Crippen molar-refractivity contribution in [3.05, 3.63) is 98.0 Å². The van der Waals surface area contributed by atoms with Gasteiger partial charge in [0, 0.05) is 28.0 Å². The Bertz CT molecular complexity index is 1650. The molecule has 0 aliphatic heterocycles. The average Bonchev–Trinajstić information content (AvgIpc) is 3.92. The van der Waals surface area contributed by atoms with Crippen molar-refractivity contribution in [2.75, 3.05) is 12.4 Å². The summed E-state index contributed by atoms with van der Waals surface area (Å²) in [4.78, 5) is 16.5. The van der Waals surface area contributed by atoms with Crippen LogP contribution in [0.3, 0.4) is 0 Å². The van der Waals surface area contributed by atoms with E-state index in [9.17, 15) is 15.0 Å². The third kappa shape index (κ3) is 6.79. The van der Waals surface area contributed by atoms with Gasteiger partial charge in [0.1, 0.15) is 9.85 Å². The van der Waals surface area contributed by atoms with Gasteiger partial charge in [-0.05, 0) is 77.8 Å². The minimum absolute atomic E-state index is 0.0686. The number of carbonyl (C=O) groups is 1. The van der Waals surface area contributed by atoms with E-state index in [1.165, 1.54) is 33.6 Å². The van der Waals surface area contributed by atoms with Crippen molar-refractivity contribution in [1.29, 1.82) is 0 Å². The van der Waals surface area contributed by atoms with Gasteiger partial charge in [0.05, 0.1) is 22.8 Å². The molecule has 0 amide bonds. The number of carboxylic acid groups (broad SMARTS) is 1. The van der Waals surface area contributed by atoms with Gasteiger partial charge in [-0.3, -0.25) is 4.79 Å². The van der Waals surface area contributed by atoms with Gasteiger partial charge >= 0.3 is 5.97 Å². The second-order valence-corrected chi connectivity index (χ2v) is 16.2. The monoisotopic (exact) mass is 653 g/mol. The van der Waals surface area contributed by atoms with Crippen molar-refractivity contribution in [3.8, 4) is 0 Å². The Morgan fingerprint density at radius 2 is 1.91 bits per heavy atom. The lowest BCUT2D eigenvalue weighted by atomic mass is 9.81. The molecular formula is C35H37Cl2NO3S2. The van der Waals surface area contributed by atoms with E-state index in [2.05, 4.69) is 68.4 Å². The Labute approximate surface area is 271 Å². The normalized spacial score (nSPS) is 19.8. The summed E-state index contributed by atoms with van der Waals surface area (Å²) in [5.41, 5.74) is 6.58. The van der Waals surface area contributed by atoms with Crippen LogP contribution >= 0.6 is 46.3 Å². The number of benzene rings is 2. The number of fused-ring (bicyclic) bond motifs is 1. The highest BCUT2D eigenvalue weighted by atomic mass is 35.5. The van der Waals surface area contributed by atoms with E-state index < -0.39 is 5.97 Å². The number of aromatic nitrogens is 1. The first kappa shape index (κ1) is 30.9. The molecule has 0 saturated heterocycles. The first-order valence-corrected chi connectivity index (χ1v) is 17.6. The number of aryl methyl sites for hydroxylation is 1. The van der Waals surface area contributed by atoms with E-state index >= 15 is 0 Å². The minimum Gasteiger partial charge on any atom is -0.481 e. The second kappa shape index (κ2) is 12.4. The SMILES string of the molecule is CC(C)(CO)c1ccccc1CCC(SCC1(CC(=O)O)CC1)c1cccc(C2CC2c2ccc3sc(Cl)c(Cl)c3n2)c1. The highest BCUT2D eigenvalue weighted by molar-refractivity contribution is 7.99. The molecule has 43 heavy (non-hydrogen) atoms. The molecule has 8 heteroatoms. The van der Waals surface area contributed by atoms with Crippen LogP contribution < -0.4 is 0 Å². The maximum atomic E-state index is 11.6. The first-order chi connectivity index (χ1) is 20.6. The molecule has 226 valence electrons. The number of rotatable bonds is 13. The van der Waals surface area contributed by atoms with E-state index in [4.69, 9.17) is 28.2 Å². The molecule has 2 saturated carbocycles. The van der Waals surface area contributed by atoms with Gasteiger partial charge < -0.3 is 10.2 Å². The predicted octanol–water partition coefficient (Wildman–Crippen LogP) is 9.81. The van der Waals surface area contributed by atoms with E-state index in [1.807, 2.05) is 17.8 Å². The maximum absolute atomic E-state index is 11.6. The molecule has 2 aromatic heterocycles. The lowest BCUT2D eigenvalue weighted by Crippen LogP contribution is -2.24. The minimum atomic E-state index is -0.700. The number of halogens is 2. The number of nitrogens with zero attached hydrogens (tertiary/aromatic N) is 1. The van der Waals surface area contributed by atoms with Crippen LogP contribution in [-0.4, -0.2) is 33.5 Å². The Balaban J connectivity index is 1.23. The number of thiophene rings is 1. The van der Waals surface area contributed by atoms with Crippen LogP contribution in [0.15, 0.2) is 60.7 Å². The zero-order valence-electron chi connectivity index (χ0n) is 24.5. The largest absolute Gasteiger partial charge is 0.481 e. The number of aliphatic hydroxyl groups is 1. The third-order valence-electron chi connectivity index (χ3n) is 9.23. The molecule has 6 rings (SSSR count). The number of hydrogen-bond acceptors (Lipinski definition) is 5. The summed E-state index contributed by atoms with van der Waals surface area (Å²) < 4.78 is 1.60. The Morgan fingerprint density at radius 1 is 1.12 bits per heavy atom. The zero-order chi connectivity index (χ0) is 30.4. The van der Waals surface area contributed by atoms with Crippen molar-refractivity contribution in [1.82, 2.24) is 4.98 Å². The molecule has 3 unspecified atom stereocenters. The van der Waals surface area contributed by atoms with Crippen LogP contribution in [0, 0.1) is 5.41 Å². The molecule has 2 fully saturated rings.